The third kappa shape index (κ3) is 4.10. The Bertz CT molecular complexity index is 1150. The summed E-state index contributed by atoms with van der Waals surface area (Å²) in [5, 5.41) is 20.1. The Balaban J connectivity index is 1.60. The number of H-pyrrole nitrogens is 1. The maximum Gasteiger partial charge on any atom is 0.184 e. The zero-order valence-corrected chi connectivity index (χ0v) is 16.3. The van der Waals surface area contributed by atoms with E-state index in [1.807, 2.05) is 22.9 Å². The summed E-state index contributed by atoms with van der Waals surface area (Å²) in [7, 11) is 0. The number of rotatable bonds is 7. The van der Waals surface area contributed by atoms with Crippen molar-refractivity contribution in [2.45, 2.75) is 19.4 Å². The molecule has 1 N–H and O–H groups in total. The van der Waals surface area contributed by atoms with Crippen LogP contribution >= 0.6 is 12.2 Å². The second-order valence-corrected chi connectivity index (χ2v) is 6.59. The standard InChI is InChI=1S/C21H17N7S/c1-2-3-12-28-20(22-19(14-29)25-28)13-15-8-10-16(11-9-15)17-6-4-5-7-18(17)21-23-26-27-24-21/h1,4-11,14H,3,12-13H2,(H,23,24,26,27). The molecule has 0 saturated carbocycles. The number of hydrogen-bond acceptors (Lipinski definition) is 6. The fraction of sp³-hybridized carbons (Fsp3) is 0.143. The second kappa shape index (κ2) is 8.54. The van der Waals surface area contributed by atoms with Crippen molar-refractivity contribution in [3.05, 3.63) is 65.7 Å². The lowest BCUT2D eigenvalue weighted by molar-refractivity contribution is 0.598. The van der Waals surface area contributed by atoms with Crippen LogP contribution in [0.25, 0.3) is 22.5 Å². The minimum Gasteiger partial charge on any atom is -0.248 e. The first-order valence-electron chi connectivity index (χ1n) is 9.03. The second-order valence-electron chi connectivity index (χ2n) is 6.35. The third-order valence-corrected chi connectivity index (χ3v) is 4.70. The predicted molar refractivity (Wildman–Crippen MR) is 114 cm³/mol. The molecule has 0 aliphatic heterocycles. The molecule has 142 valence electrons. The van der Waals surface area contributed by atoms with Crippen LogP contribution in [0.1, 0.15) is 23.6 Å². The zero-order chi connectivity index (χ0) is 20.1. The summed E-state index contributed by atoms with van der Waals surface area (Å²) >= 11 is 4.97. The van der Waals surface area contributed by atoms with Crippen LogP contribution in [0.3, 0.4) is 0 Å². The van der Waals surface area contributed by atoms with Crippen molar-refractivity contribution in [2.24, 2.45) is 0 Å². The molecule has 0 unspecified atom stereocenters. The molecular weight excluding hydrogens is 382 g/mol. The highest BCUT2D eigenvalue weighted by molar-refractivity contribution is 7.79. The van der Waals surface area contributed by atoms with Gasteiger partial charge < -0.3 is 0 Å². The van der Waals surface area contributed by atoms with E-state index in [-0.39, 0.29) is 0 Å². The van der Waals surface area contributed by atoms with E-state index >= 15 is 0 Å². The molecule has 0 fully saturated rings. The van der Waals surface area contributed by atoms with Crippen LogP contribution in [0.2, 0.25) is 0 Å². The van der Waals surface area contributed by atoms with E-state index in [9.17, 15) is 0 Å². The topological polar surface area (TPSA) is 85.2 Å². The molecule has 4 aromatic rings. The number of terminal acetylenes is 1. The molecule has 0 radical (unpaired) electrons. The van der Waals surface area contributed by atoms with Gasteiger partial charge in [-0.15, -0.1) is 17.4 Å². The van der Waals surface area contributed by atoms with Gasteiger partial charge in [0.05, 0.1) is 6.54 Å². The molecule has 0 bridgehead atoms. The first-order valence-corrected chi connectivity index (χ1v) is 9.50. The maximum absolute atomic E-state index is 5.38. The highest BCUT2D eigenvalue weighted by Gasteiger charge is 2.12. The van der Waals surface area contributed by atoms with Crippen molar-refractivity contribution in [3.63, 3.8) is 0 Å². The monoisotopic (exact) mass is 399 g/mol. The fourth-order valence-corrected chi connectivity index (χ4v) is 3.22. The molecule has 0 spiro atoms. The lowest BCUT2D eigenvalue weighted by Gasteiger charge is -2.09. The zero-order valence-electron chi connectivity index (χ0n) is 15.5. The van der Waals surface area contributed by atoms with Crippen molar-refractivity contribution < 1.29 is 0 Å². The lowest BCUT2D eigenvalue weighted by atomic mass is 9.98. The van der Waals surface area contributed by atoms with Gasteiger partial charge in [-0.1, -0.05) is 60.7 Å². The van der Waals surface area contributed by atoms with Crippen molar-refractivity contribution >= 4 is 17.6 Å². The molecule has 2 aromatic carbocycles. The molecule has 0 saturated heterocycles. The van der Waals surface area contributed by atoms with Gasteiger partial charge in [0.2, 0.25) is 0 Å². The summed E-state index contributed by atoms with van der Waals surface area (Å²) in [5.41, 5.74) is 4.20. The van der Waals surface area contributed by atoms with Gasteiger partial charge in [0.1, 0.15) is 5.82 Å². The molecule has 0 atom stereocenters. The number of tetrazole rings is 1. The molecule has 4 rings (SSSR count). The summed E-state index contributed by atoms with van der Waals surface area (Å²) in [6, 6.07) is 16.3. The van der Waals surface area contributed by atoms with Gasteiger partial charge in [-0.2, -0.15) is 5.10 Å². The number of benzene rings is 2. The van der Waals surface area contributed by atoms with Gasteiger partial charge in [0.15, 0.2) is 11.6 Å². The Morgan fingerprint density at radius 2 is 1.90 bits per heavy atom. The number of aromatic amines is 1. The highest BCUT2D eigenvalue weighted by atomic mass is 32.1. The van der Waals surface area contributed by atoms with Gasteiger partial charge in [0.25, 0.3) is 0 Å². The Morgan fingerprint density at radius 3 is 2.59 bits per heavy atom. The first kappa shape index (κ1) is 18.7. The summed E-state index contributed by atoms with van der Waals surface area (Å²) in [4.78, 5) is 4.50. The van der Waals surface area contributed by atoms with Gasteiger partial charge in [0, 0.05) is 23.8 Å². The molecule has 0 amide bonds. The van der Waals surface area contributed by atoms with Crippen LogP contribution in [0.15, 0.2) is 48.5 Å². The largest absolute Gasteiger partial charge is 0.248 e. The molecule has 0 aliphatic carbocycles. The molecular formula is C21H17N7S. The molecule has 29 heavy (non-hydrogen) atoms. The third-order valence-electron chi connectivity index (χ3n) is 4.49. The Hall–Kier alpha value is -3.70. The molecule has 2 heterocycles. The number of aromatic nitrogens is 7. The SMILES string of the molecule is C#CCCn1nc(C=S)nc1Cc1ccc(-c2ccccc2-c2nnn[nH]2)cc1. The van der Waals surface area contributed by atoms with Gasteiger partial charge in [-0.05, 0) is 27.1 Å². The van der Waals surface area contributed by atoms with E-state index < -0.39 is 0 Å². The van der Waals surface area contributed by atoms with E-state index in [0.717, 1.165) is 28.1 Å². The number of aryl methyl sites for hydroxylation is 1. The Kier molecular flexibility index (Phi) is 5.49. The van der Waals surface area contributed by atoms with Crippen LogP contribution in [0.5, 0.6) is 0 Å². The van der Waals surface area contributed by atoms with E-state index in [1.54, 1.807) is 0 Å². The maximum atomic E-state index is 5.38. The summed E-state index contributed by atoms with van der Waals surface area (Å²) in [5.74, 6) is 4.66. The number of hydrogen-bond donors (Lipinski definition) is 1. The van der Waals surface area contributed by atoms with Crippen molar-refractivity contribution in [2.75, 3.05) is 0 Å². The normalized spacial score (nSPS) is 10.6. The fourth-order valence-electron chi connectivity index (χ4n) is 3.12. The van der Waals surface area contributed by atoms with Crippen LogP contribution in [-0.2, 0) is 13.0 Å². The van der Waals surface area contributed by atoms with E-state index in [4.69, 9.17) is 18.6 Å². The van der Waals surface area contributed by atoms with E-state index in [2.05, 4.69) is 67.0 Å². The molecule has 0 aliphatic rings. The van der Waals surface area contributed by atoms with Gasteiger partial charge in [-0.3, -0.25) is 0 Å². The smallest absolute Gasteiger partial charge is 0.184 e. The van der Waals surface area contributed by atoms with Gasteiger partial charge in [-0.25, -0.2) is 14.8 Å². The number of nitrogens with one attached hydrogen (secondary N) is 1. The van der Waals surface area contributed by atoms with E-state index in [0.29, 0.717) is 31.0 Å². The quantitative estimate of drug-likeness (QED) is 0.380. The predicted octanol–water partition coefficient (Wildman–Crippen LogP) is 3.09. The van der Waals surface area contributed by atoms with Crippen LogP contribution in [-0.4, -0.2) is 40.8 Å². The summed E-state index contributed by atoms with van der Waals surface area (Å²) < 4.78 is 1.83. The van der Waals surface area contributed by atoms with E-state index in [1.165, 1.54) is 5.37 Å². The summed E-state index contributed by atoms with van der Waals surface area (Å²) in [6.45, 7) is 0.624. The molecule has 7 nitrogen and oxygen atoms in total. The average Bonchev–Trinajstić information content (AvgIpc) is 3.43. The minimum absolute atomic E-state index is 0.540. The number of nitrogens with zero attached hydrogens (tertiary/aromatic N) is 6. The Morgan fingerprint density at radius 1 is 1.10 bits per heavy atom. The molecule has 2 aromatic heterocycles. The first-order chi connectivity index (χ1) is 14.3. The van der Waals surface area contributed by atoms with Crippen LogP contribution in [0, 0.1) is 12.3 Å². The van der Waals surface area contributed by atoms with Crippen LogP contribution in [0.4, 0.5) is 0 Å². The summed E-state index contributed by atoms with van der Waals surface area (Å²) in [6.07, 6.45) is 6.63. The molecule has 8 heteroatoms. The average molecular weight is 399 g/mol. The number of thiocarbonyl (C=S) groups is 1. The van der Waals surface area contributed by atoms with Crippen molar-refractivity contribution in [1.82, 2.24) is 35.4 Å². The van der Waals surface area contributed by atoms with Crippen molar-refractivity contribution in [3.8, 4) is 34.9 Å². The minimum atomic E-state index is 0.540. The van der Waals surface area contributed by atoms with Crippen molar-refractivity contribution in [1.29, 1.82) is 0 Å². The van der Waals surface area contributed by atoms with Crippen LogP contribution < -0.4 is 0 Å². The Labute approximate surface area is 173 Å². The lowest BCUT2D eigenvalue weighted by Crippen LogP contribution is -2.06. The van der Waals surface area contributed by atoms with Gasteiger partial charge >= 0.3 is 0 Å². The highest BCUT2D eigenvalue weighted by Crippen LogP contribution is 2.29.